The fourth-order valence-corrected chi connectivity index (χ4v) is 0.596. The van der Waals surface area contributed by atoms with Gasteiger partial charge in [-0.25, -0.2) is 0 Å². The fraction of sp³-hybridized carbons (Fsp3) is 0.857. The molecule has 10 heavy (non-hydrogen) atoms. The highest BCUT2D eigenvalue weighted by molar-refractivity contribution is 4.77. The molecule has 0 saturated carbocycles. The van der Waals surface area contributed by atoms with E-state index >= 15 is 0 Å². The second kappa shape index (κ2) is 5.21. The maximum absolute atomic E-state index is 8.28. The molecule has 2 atom stereocenters. The molecule has 0 aliphatic heterocycles. The van der Waals surface area contributed by atoms with Gasteiger partial charge in [-0.1, -0.05) is 0 Å². The van der Waals surface area contributed by atoms with E-state index in [1.807, 2.05) is 13.8 Å². The first-order valence-corrected chi connectivity index (χ1v) is 3.52. The van der Waals surface area contributed by atoms with Gasteiger partial charge in [-0.15, -0.1) is 0 Å². The third kappa shape index (κ3) is 5.54. The zero-order valence-electron chi connectivity index (χ0n) is 6.59. The minimum absolute atomic E-state index is 0.168. The van der Waals surface area contributed by atoms with Crippen molar-refractivity contribution in [1.29, 1.82) is 5.26 Å². The molecular weight excluding hydrogens is 126 g/mol. The lowest BCUT2D eigenvalue weighted by Gasteiger charge is -2.11. The third-order valence-electron chi connectivity index (χ3n) is 1.19. The lowest BCUT2D eigenvalue weighted by Crippen LogP contribution is -2.36. The minimum atomic E-state index is 0.168. The summed E-state index contributed by atoms with van der Waals surface area (Å²) in [6.45, 7) is 4.69. The Bertz CT molecular complexity index is 115. The SMILES string of the molecule is CC(N)CNC(C)CC#N. The van der Waals surface area contributed by atoms with Gasteiger partial charge >= 0.3 is 0 Å². The van der Waals surface area contributed by atoms with Crippen LogP contribution in [0.2, 0.25) is 0 Å². The molecule has 3 N–H and O–H groups in total. The molecule has 0 bridgehead atoms. The van der Waals surface area contributed by atoms with Crippen LogP contribution in [-0.2, 0) is 0 Å². The summed E-state index contributed by atoms with van der Waals surface area (Å²) in [6, 6.07) is 2.52. The number of rotatable bonds is 4. The van der Waals surface area contributed by atoms with Gasteiger partial charge in [0, 0.05) is 18.6 Å². The van der Waals surface area contributed by atoms with Crippen LogP contribution in [0.1, 0.15) is 20.3 Å². The first kappa shape index (κ1) is 9.41. The zero-order chi connectivity index (χ0) is 7.98. The summed E-state index contributed by atoms with van der Waals surface area (Å²) in [6.07, 6.45) is 0.548. The summed E-state index contributed by atoms with van der Waals surface area (Å²) < 4.78 is 0. The first-order chi connectivity index (χ1) is 4.66. The predicted octanol–water partition coefficient (Wildman–Crippen LogP) is 0.225. The average Bonchev–Trinajstić information content (AvgIpc) is 1.85. The molecule has 0 aromatic carbocycles. The fourth-order valence-electron chi connectivity index (χ4n) is 0.596. The molecule has 0 heterocycles. The van der Waals surface area contributed by atoms with Crippen LogP contribution >= 0.6 is 0 Å². The molecule has 0 aliphatic carbocycles. The zero-order valence-corrected chi connectivity index (χ0v) is 6.59. The lowest BCUT2D eigenvalue weighted by atomic mass is 10.2. The van der Waals surface area contributed by atoms with Crippen LogP contribution in [0.5, 0.6) is 0 Å². The van der Waals surface area contributed by atoms with Crippen LogP contribution in [-0.4, -0.2) is 18.6 Å². The van der Waals surface area contributed by atoms with E-state index in [-0.39, 0.29) is 12.1 Å². The molecule has 0 amide bonds. The van der Waals surface area contributed by atoms with E-state index < -0.39 is 0 Å². The van der Waals surface area contributed by atoms with Crippen molar-refractivity contribution in [2.75, 3.05) is 6.54 Å². The molecule has 3 heteroatoms. The Kier molecular flexibility index (Phi) is 4.91. The van der Waals surface area contributed by atoms with E-state index in [0.29, 0.717) is 6.42 Å². The third-order valence-corrected chi connectivity index (χ3v) is 1.19. The highest BCUT2D eigenvalue weighted by Crippen LogP contribution is 1.86. The quantitative estimate of drug-likeness (QED) is 0.589. The highest BCUT2D eigenvalue weighted by atomic mass is 14.9. The van der Waals surface area contributed by atoms with Crippen LogP contribution in [0.25, 0.3) is 0 Å². The summed E-state index contributed by atoms with van der Waals surface area (Å²) in [7, 11) is 0. The number of nitrogens with zero attached hydrogens (tertiary/aromatic N) is 1. The smallest absolute Gasteiger partial charge is 0.0638 e. The Labute approximate surface area is 62.2 Å². The van der Waals surface area contributed by atoms with Crippen molar-refractivity contribution in [1.82, 2.24) is 5.32 Å². The Hall–Kier alpha value is -0.590. The van der Waals surface area contributed by atoms with Gasteiger partial charge in [0.2, 0.25) is 0 Å². The van der Waals surface area contributed by atoms with Crippen molar-refractivity contribution < 1.29 is 0 Å². The van der Waals surface area contributed by atoms with Gasteiger partial charge in [-0.05, 0) is 13.8 Å². The van der Waals surface area contributed by atoms with Gasteiger partial charge in [-0.3, -0.25) is 0 Å². The van der Waals surface area contributed by atoms with Crippen molar-refractivity contribution in [3.8, 4) is 6.07 Å². The van der Waals surface area contributed by atoms with E-state index in [0.717, 1.165) is 6.54 Å². The van der Waals surface area contributed by atoms with Crippen molar-refractivity contribution in [2.45, 2.75) is 32.4 Å². The molecule has 0 saturated heterocycles. The van der Waals surface area contributed by atoms with Gasteiger partial charge in [0.1, 0.15) is 0 Å². The number of hydrogen-bond donors (Lipinski definition) is 2. The van der Waals surface area contributed by atoms with E-state index in [2.05, 4.69) is 11.4 Å². The van der Waals surface area contributed by atoms with Gasteiger partial charge < -0.3 is 11.1 Å². The summed E-state index contributed by atoms with van der Waals surface area (Å²) in [4.78, 5) is 0. The summed E-state index contributed by atoms with van der Waals surface area (Å²) in [5.74, 6) is 0. The van der Waals surface area contributed by atoms with Crippen molar-refractivity contribution in [3.63, 3.8) is 0 Å². The monoisotopic (exact) mass is 141 g/mol. The molecule has 0 radical (unpaired) electrons. The van der Waals surface area contributed by atoms with E-state index in [4.69, 9.17) is 11.0 Å². The number of nitrogens with two attached hydrogens (primary N) is 1. The molecule has 0 rings (SSSR count). The lowest BCUT2D eigenvalue weighted by molar-refractivity contribution is 0.523. The molecular formula is C7H15N3. The van der Waals surface area contributed by atoms with Gasteiger partial charge in [0.15, 0.2) is 0 Å². The summed E-state index contributed by atoms with van der Waals surface area (Å²) in [5.41, 5.74) is 5.49. The standard InChI is InChI=1S/C7H15N3/c1-6(9)5-10-7(2)3-4-8/h6-7,10H,3,5,9H2,1-2H3. The maximum Gasteiger partial charge on any atom is 0.0638 e. The van der Waals surface area contributed by atoms with Crippen molar-refractivity contribution in [3.05, 3.63) is 0 Å². The van der Waals surface area contributed by atoms with Crippen LogP contribution in [0.15, 0.2) is 0 Å². The van der Waals surface area contributed by atoms with Crippen molar-refractivity contribution in [2.24, 2.45) is 5.73 Å². The number of nitrogens with one attached hydrogen (secondary N) is 1. The largest absolute Gasteiger partial charge is 0.327 e. The van der Waals surface area contributed by atoms with Crippen LogP contribution < -0.4 is 11.1 Å². The molecule has 0 aromatic heterocycles. The minimum Gasteiger partial charge on any atom is -0.327 e. The number of nitriles is 1. The average molecular weight is 141 g/mol. The molecule has 0 aromatic rings. The second-order valence-electron chi connectivity index (χ2n) is 2.65. The van der Waals surface area contributed by atoms with Crippen LogP contribution in [0, 0.1) is 11.3 Å². The topological polar surface area (TPSA) is 61.8 Å². The van der Waals surface area contributed by atoms with Gasteiger partial charge in [-0.2, -0.15) is 5.26 Å². The molecule has 3 nitrogen and oxygen atoms in total. The van der Waals surface area contributed by atoms with E-state index in [1.54, 1.807) is 0 Å². The Morgan fingerprint density at radius 2 is 2.20 bits per heavy atom. The highest BCUT2D eigenvalue weighted by Gasteiger charge is 1.99. The van der Waals surface area contributed by atoms with Crippen LogP contribution in [0.4, 0.5) is 0 Å². The normalized spacial score (nSPS) is 15.8. The second-order valence-corrected chi connectivity index (χ2v) is 2.65. The van der Waals surface area contributed by atoms with Crippen molar-refractivity contribution >= 4 is 0 Å². The van der Waals surface area contributed by atoms with Crippen LogP contribution in [0.3, 0.4) is 0 Å². The number of hydrogen-bond acceptors (Lipinski definition) is 3. The molecule has 2 unspecified atom stereocenters. The van der Waals surface area contributed by atoms with Gasteiger partial charge in [0.05, 0.1) is 12.5 Å². The molecule has 58 valence electrons. The summed E-state index contributed by atoms with van der Waals surface area (Å²) in [5, 5.41) is 11.4. The van der Waals surface area contributed by atoms with Gasteiger partial charge in [0.25, 0.3) is 0 Å². The molecule has 0 spiro atoms. The Balaban J connectivity index is 3.23. The van der Waals surface area contributed by atoms with E-state index in [1.165, 1.54) is 0 Å². The first-order valence-electron chi connectivity index (χ1n) is 3.52. The Morgan fingerprint density at radius 1 is 1.60 bits per heavy atom. The predicted molar refractivity (Wildman–Crippen MR) is 41.3 cm³/mol. The maximum atomic E-state index is 8.28. The molecule has 0 aliphatic rings. The van der Waals surface area contributed by atoms with E-state index in [9.17, 15) is 0 Å². The summed E-state index contributed by atoms with van der Waals surface area (Å²) >= 11 is 0. The molecule has 0 fully saturated rings. The Morgan fingerprint density at radius 3 is 2.60 bits per heavy atom.